The van der Waals surface area contributed by atoms with E-state index < -0.39 is 0 Å². The van der Waals surface area contributed by atoms with Crippen molar-refractivity contribution in [3.8, 4) is 0 Å². The Morgan fingerprint density at radius 2 is 1.96 bits per heavy atom. The fourth-order valence-electron chi connectivity index (χ4n) is 4.12. The van der Waals surface area contributed by atoms with Gasteiger partial charge in [-0.25, -0.2) is 9.97 Å². The van der Waals surface area contributed by atoms with Crippen LogP contribution >= 0.6 is 11.3 Å². The third-order valence-corrected chi connectivity index (χ3v) is 6.99. The highest BCUT2D eigenvalue weighted by Crippen LogP contribution is 2.38. The van der Waals surface area contributed by atoms with Crippen LogP contribution in [-0.2, 0) is 12.8 Å². The Balaban J connectivity index is 1.45. The topological polar surface area (TPSA) is 44.3 Å². The number of anilines is 1. The Hall–Kier alpha value is -1.24. The molecule has 2 aliphatic rings. The maximum Gasteiger partial charge on any atom is 0.138 e. The summed E-state index contributed by atoms with van der Waals surface area (Å²) in [7, 11) is 0. The predicted octanol–water partition coefficient (Wildman–Crippen LogP) is 3.01. The molecule has 2 aromatic heterocycles. The van der Waals surface area contributed by atoms with Gasteiger partial charge in [-0.1, -0.05) is 6.92 Å². The number of aromatic nitrogens is 2. The van der Waals surface area contributed by atoms with E-state index in [1.165, 1.54) is 74.2 Å². The zero-order valence-corrected chi connectivity index (χ0v) is 16.2. The fraction of sp³-hybridized carbons (Fsp3) is 0.684. The van der Waals surface area contributed by atoms with E-state index in [9.17, 15) is 0 Å². The van der Waals surface area contributed by atoms with E-state index in [1.54, 1.807) is 6.33 Å². The number of aryl methyl sites for hydroxylation is 2. The summed E-state index contributed by atoms with van der Waals surface area (Å²) >= 11 is 1.87. The Morgan fingerprint density at radius 3 is 2.76 bits per heavy atom. The fourth-order valence-corrected chi connectivity index (χ4v) is 5.35. The van der Waals surface area contributed by atoms with Gasteiger partial charge in [-0.2, -0.15) is 0 Å². The van der Waals surface area contributed by atoms with Crippen molar-refractivity contribution >= 4 is 27.4 Å². The molecule has 1 saturated heterocycles. The van der Waals surface area contributed by atoms with Crippen molar-refractivity contribution in [1.82, 2.24) is 19.8 Å². The van der Waals surface area contributed by atoms with Crippen molar-refractivity contribution in [2.45, 2.75) is 45.6 Å². The highest BCUT2D eigenvalue weighted by atomic mass is 32.1. The van der Waals surface area contributed by atoms with E-state index in [0.29, 0.717) is 6.04 Å². The van der Waals surface area contributed by atoms with Crippen molar-refractivity contribution < 1.29 is 0 Å². The molecule has 0 spiro atoms. The van der Waals surface area contributed by atoms with Crippen LogP contribution in [0.25, 0.3) is 10.2 Å². The molecule has 6 heteroatoms. The average Bonchev–Trinajstić information content (AvgIpc) is 3.05. The van der Waals surface area contributed by atoms with E-state index in [-0.39, 0.29) is 0 Å². The van der Waals surface area contributed by atoms with Gasteiger partial charge in [0.2, 0.25) is 0 Å². The first-order valence-electron chi connectivity index (χ1n) is 9.71. The molecular formula is C19H29N5S. The van der Waals surface area contributed by atoms with Crippen LogP contribution in [-0.4, -0.2) is 65.1 Å². The van der Waals surface area contributed by atoms with Crippen molar-refractivity contribution in [3.63, 3.8) is 0 Å². The second kappa shape index (κ2) is 7.56. The Bertz CT molecular complexity index is 720. The van der Waals surface area contributed by atoms with Crippen molar-refractivity contribution in [2.75, 3.05) is 44.6 Å². The molecule has 25 heavy (non-hydrogen) atoms. The molecule has 1 aliphatic carbocycles. The van der Waals surface area contributed by atoms with Crippen LogP contribution < -0.4 is 5.32 Å². The SMILES string of the molecule is CCN1CCN(C(C)CNc2ncnc3sc4c(c23)CCCC4)CC1. The Labute approximate surface area is 154 Å². The molecule has 0 aromatic carbocycles. The van der Waals surface area contributed by atoms with E-state index >= 15 is 0 Å². The standard InChI is InChI=1S/C19H29N5S/c1-3-23-8-10-24(11-9-23)14(2)12-20-18-17-15-6-4-5-7-16(15)25-19(17)22-13-21-18/h13-14H,3-12H2,1-2H3,(H,20,21,22). The average molecular weight is 360 g/mol. The number of nitrogens with zero attached hydrogens (tertiary/aromatic N) is 4. The molecule has 4 rings (SSSR count). The van der Waals surface area contributed by atoms with Crippen LogP contribution in [0.3, 0.4) is 0 Å². The van der Waals surface area contributed by atoms with Gasteiger partial charge in [-0.3, -0.25) is 4.90 Å². The molecule has 1 unspecified atom stereocenters. The molecule has 0 saturated carbocycles. The Morgan fingerprint density at radius 1 is 1.16 bits per heavy atom. The quantitative estimate of drug-likeness (QED) is 0.889. The number of rotatable bonds is 5. The molecule has 0 radical (unpaired) electrons. The van der Waals surface area contributed by atoms with Crippen LogP contribution in [0.15, 0.2) is 6.33 Å². The van der Waals surface area contributed by atoms with Crippen molar-refractivity contribution in [1.29, 1.82) is 0 Å². The lowest BCUT2D eigenvalue weighted by molar-refractivity contribution is 0.110. The van der Waals surface area contributed by atoms with E-state index in [2.05, 4.69) is 38.9 Å². The minimum atomic E-state index is 0.526. The highest BCUT2D eigenvalue weighted by Gasteiger charge is 2.22. The third-order valence-electron chi connectivity index (χ3n) is 5.79. The van der Waals surface area contributed by atoms with Gasteiger partial charge < -0.3 is 10.2 Å². The lowest BCUT2D eigenvalue weighted by atomic mass is 9.97. The van der Waals surface area contributed by atoms with Gasteiger partial charge in [0.1, 0.15) is 17.0 Å². The zero-order chi connectivity index (χ0) is 17.2. The van der Waals surface area contributed by atoms with Gasteiger partial charge >= 0.3 is 0 Å². The van der Waals surface area contributed by atoms with Gasteiger partial charge in [-0.05, 0) is 44.7 Å². The number of likely N-dealkylation sites (N-methyl/N-ethyl adjacent to an activating group) is 1. The summed E-state index contributed by atoms with van der Waals surface area (Å²) in [4.78, 5) is 16.9. The first kappa shape index (κ1) is 17.2. The van der Waals surface area contributed by atoms with E-state index in [4.69, 9.17) is 0 Å². The van der Waals surface area contributed by atoms with Crippen LogP contribution in [0.5, 0.6) is 0 Å². The third kappa shape index (κ3) is 3.52. The second-order valence-electron chi connectivity index (χ2n) is 7.31. The molecular weight excluding hydrogens is 330 g/mol. The van der Waals surface area contributed by atoms with Crippen molar-refractivity contribution in [3.05, 3.63) is 16.8 Å². The van der Waals surface area contributed by atoms with Gasteiger partial charge in [0.05, 0.1) is 5.39 Å². The maximum absolute atomic E-state index is 4.59. The van der Waals surface area contributed by atoms with Crippen LogP contribution in [0, 0.1) is 0 Å². The molecule has 2 aromatic rings. The summed E-state index contributed by atoms with van der Waals surface area (Å²) in [6.45, 7) is 11.4. The molecule has 0 amide bonds. The van der Waals surface area contributed by atoms with Crippen LogP contribution in [0.4, 0.5) is 5.82 Å². The molecule has 1 atom stereocenters. The minimum absolute atomic E-state index is 0.526. The van der Waals surface area contributed by atoms with Crippen LogP contribution in [0.1, 0.15) is 37.1 Å². The second-order valence-corrected chi connectivity index (χ2v) is 8.40. The zero-order valence-electron chi connectivity index (χ0n) is 15.4. The molecule has 3 heterocycles. The first-order valence-corrected chi connectivity index (χ1v) is 10.5. The largest absolute Gasteiger partial charge is 0.368 e. The van der Waals surface area contributed by atoms with Gasteiger partial charge in [-0.15, -0.1) is 11.3 Å². The number of fused-ring (bicyclic) bond motifs is 3. The summed E-state index contributed by atoms with van der Waals surface area (Å²) in [5.41, 5.74) is 1.51. The maximum atomic E-state index is 4.59. The molecule has 136 valence electrons. The number of hydrogen-bond donors (Lipinski definition) is 1. The summed E-state index contributed by atoms with van der Waals surface area (Å²) < 4.78 is 0. The number of nitrogens with one attached hydrogen (secondary N) is 1. The molecule has 0 bridgehead atoms. The lowest BCUT2D eigenvalue weighted by Crippen LogP contribution is -2.51. The van der Waals surface area contributed by atoms with Gasteiger partial charge in [0.15, 0.2) is 0 Å². The summed E-state index contributed by atoms with van der Waals surface area (Å²) in [6.07, 6.45) is 6.74. The van der Waals surface area contributed by atoms with E-state index in [1.807, 2.05) is 11.3 Å². The lowest BCUT2D eigenvalue weighted by Gasteiger charge is -2.37. The summed E-state index contributed by atoms with van der Waals surface area (Å²) in [5.74, 6) is 1.04. The Kier molecular flexibility index (Phi) is 5.20. The molecule has 1 N–H and O–H groups in total. The number of hydrogen-bond acceptors (Lipinski definition) is 6. The number of piperazine rings is 1. The molecule has 1 fully saturated rings. The minimum Gasteiger partial charge on any atom is -0.368 e. The van der Waals surface area contributed by atoms with Crippen LogP contribution in [0.2, 0.25) is 0 Å². The number of thiophene rings is 1. The predicted molar refractivity (Wildman–Crippen MR) is 106 cm³/mol. The molecule has 1 aliphatic heterocycles. The molecule has 5 nitrogen and oxygen atoms in total. The normalized spacial score (nSPS) is 20.6. The first-order chi connectivity index (χ1) is 12.3. The van der Waals surface area contributed by atoms with Gasteiger partial charge in [0, 0.05) is 43.6 Å². The summed E-state index contributed by atoms with van der Waals surface area (Å²) in [6, 6.07) is 0.526. The highest BCUT2D eigenvalue weighted by molar-refractivity contribution is 7.19. The smallest absolute Gasteiger partial charge is 0.138 e. The monoisotopic (exact) mass is 359 g/mol. The van der Waals surface area contributed by atoms with Crippen molar-refractivity contribution in [2.24, 2.45) is 0 Å². The summed E-state index contributed by atoms with van der Waals surface area (Å²) in [5, 5.41) is 4.94. The van der Waals surface area contributed by atoms with E-state index in [0.717, 1.165) is 17.2 Å². The van der Waals surface area contributed by atoms with Gasteiger partial charge in [0.25, 0.3) is 0 Å².